The molecule has 0 aliphatic heterocycles. The molecule has 3 heteroatoms. The third-order valence-electron chi connectivity index (χ3n) is 2.23. The van der Waals surface area contributed by atoms with Crippen LogP contribution >= 0.6 is 0 Å². The van der Waals surface area contributed by atoms with Crippen molar-refractivity contribution in [3.63, 3.8) is 0 Å². The van der Waals surface area contributed by atoms with Gasteiger partial charge in [-0.15, -0.1) is 0 Å². The summed E-state index contributed by atoms with van der Waals surface area (Å²) < 4.78 is 4.64. The molecule has 1 aromatic rings. The monoisotopic (exact) mass is 203 g/mol. The topological polar surface area (TPSA) is 50.1 Å². The van der Waals surface area contributed by atoms with E-state index in [1.54, 1.807) is 12.1 Å². The van der Waals surface area contributed by atoms with Gasteiger partial charge in [-0.25, -0.2) is 0 Å². The molecule has 0 radical (unpaired) electrons. The first-order valence-electron chi connectivity index (χ1n) is 4.74. The van der Waals surface area contributed by atoms with Crippen LogP contribution in [0.5, 0.6) is 0 Å². The van der Waals surface area contributed by atoms with E-state index in [9.17, 15) is 4.79 Å². The Kier molecular flexibility index (Phi) is 3.87. The fourth-order valence-corrected chi connectivity index (χ4v) is 1.35. The molecule has 0 bridgehead atoms. The van der Waals surface area contributed by atoms with E-state index in [0.29, 0.717) is 12.0 Å². The summed E-state index contributed by atoms with van der Waals surface area (Å²) in [6.45, 7) is 1.82. The lowest BCUT2D eigenvalue weighted by Gasteiger charge is -2.08. The molecule has 0 saturated heterocycles. The minimum absolute atomic E-state index is 0.150. The van der Waals surface area contributed by atoms with E-state index in [2.05, 4.69) is 4.74 Å². The summed E-state index contributed by atoms with van der Waals surface area (Å²) in [5, 5.41) is 8.61. The van der Waals surface area contributed by atoms with Crippen molar-refractivity contribution in [3.8, 4) is 6.07 Å². The fourth-order valence-electron chi connectivity index (χ4n) is 1.35. The van der Waals surface area contributed by atoms with E-state index in [1.165, 1.54) is 7.11 Å². The van der Waals surface area contributed by atoms with Crippen molar-refractivity contribution in [2.24, 2.45) is 5.92 Å². The zero-order chi connectivity index (χ0) is 11.3. The van der Waals surface area contributed by atoms with Crippen LogP contribution in [-0.4, -0.2) is 13.1 Å². The normalized spacial score (nSPS) is 11.5. The second-order valence-corrected chi connectivity index (χ2v) is 3.44. The fraction of sp³-hybridized carbons (Fsp3) is 0.333. The molecule has 0 fully saturated rings. The summed E-state index contributed by atoms with van der Waals surface area (Å²) in [6, 6.07) is 9.27. The van der Waals surface area contributed by atoms with Gasteiger partial charge in [0.2, 0.25) is 0 Å². The highest BCUT2D eigenvalue weighted by Gasteiger charge is 2.13. The number of nitrogens with zero attached hydrogens (tertiary/aromatic N) is 1. The van der Waals surface area contributed by atoms with Crippen molar-refractivity contribution >= 4 is 5.97 Å². The van der Waals surface area contributed by atoms with E-state index < -0.39 is 0 Å². The molecule has 3 nitrogen and oxygen atoms in total. The molecule has 78 valence electrons. The quantitative estimate of drug-likeness (QED) is 0.705. The lowest BCUT2D eigenvalue weighted by Crippen LogP contribution is -2.14. The molecule has 0 aliphatic carbocycles. The highest BCUT2D eigenvalue weighted by Crippen LogP contribution is 2.10. The third kappa shape index (κ3) is 3.10. The molecule has 0 amide bonds. The van der Waals surface area contributed by atoms with Crippen molar-refractivity contribution in [2.45, 2.75) is 13.3 Å². The van der Waals surface area contributed by atoms with Crippen molar-refractivity contribution in [2.75, 3.05) is 7.11 Å². The Hall–Kier alpha value is -1.82. The van der Waals surface area contributed by atoms with Crippen LogP contribution in [0.1, 0.15) is 18.1 Å². The Balaban J connectivity index is 2.66. The minimum atomic E-state index is -0.209. The van der Waals surface area contributed by atoms with Crippen LogP contribution in [0, 0.1) is 17.2 Å². The minimum Gasteiger partial charge on any atom is -0.469 e. The summed E-state index contributed by atoms with van der Waals surface area (Å²) in [5.41, 5.74) is 1.66. The van der Waals surface area contributed by atoms with Crippen molar-refractivity contribution < 1.29 is 9.53 Å². The largest absolute Gasteiger partial charge is 0.469 e. The molecule has 1 rings (SSSR count). The lowest BCUT2D eigenvalue weighted by atomic mass is 10.0. The number of hydrogen-bond acceptors (Lipinski definition) is 3. The first-order valence-corrected chi connectivity index (χ1v) is 4.74. The molecule has 1 unspecified atom stereocenters. The van der Waals surface area contributed by atoms with E-state index >= 15 is 0 Å². The van der Waals surface area contributed by atoms with Gasteiger partial charge in [0.1, 0.15) is 0 Å². The van der Waals surface area contributed by atoms with Gasteiger partial charge in [-0.3, -0.25) is 4.79 Å². The van der Waals surface area contributed by atoms with Crippen molar-refractivity contribution in [1.82, 2.24) is 0 Å². The average molecular weight is 203 g/mol. The molecule has 1 atom stereocenters. The van der Waals surface area contributed by atoms with Gasteiger partial charge >= 0.3 is 5.97 Å². The van der Waals surface area contributed by atoms with E-state index in [-0.39, 0.29) is 11.9 Å². The second-order valence-electron chi connectivity index (χ2n) is 3.44. The molecule has 15 heavy (non-hydrogen) atoms. The Bertz CT molecular complexity index is 376. The van der Waals surface area contributed by atoms with Crippen LogP contribution in [-0.2, 0) is 16.0 Å². The lowest BCUT2D eigenvalue weighted by molar-refractivity contribution is -0.144. The number of ether oxygens (including phenoxy) is 1. The van der Waals surface area contributed by atoms with Gasteiger partial charge < -0.3 is 4.74 Å². The summed E-state index contributed by atoms with van der Waals surface area (Å²) in [4.78, 5) is 11.2. The predicted octanol–water partition coefficient (Wildman–Crippen LogP) is 1.91. The second kappa shape index (κ2) is 5.16. The first-order chi connectivity index (χ1) is 7.17. The summed E-state index contributed by atoms with van der Waals surface area (Å²) >= 11 is 0. The summed E-state index contributed by atoms with van der Waals surface area (Å²) in [6.07, 6.45) is 0.637. The molecule has 0 N–H and O–H groups in total. The highest BCUT2D eigenvalue weighted by molar-refractivity contribution is 5.72. The zero-order valence-corrected chi connectivity index (χ0v) is 8.86. The Morgan fingerprint density at radius 3 is 2.53 bits per heavy atom. The number of methoxy groups -OCH3 is 1. The number of carbonyl (C=O) groups is 1. The third-order valence-corrected chi connectivity index (χ3v) is 2.23. The highest BCUT2D eigenvalue weighted by atomic mass is 16.5. The summed E-state index contributed by atoms with van der Waals surface area (Å²) in [5.74, 6) is -0.359. The van der Waals surface area contributed by atoms with Crippen LogP contribution in [0.25, 0.3) is 0 Å². The molecule has 0 aliphatic rings. The molecule has 0 heterocycles. The smallest absolute Gasteiger partial charge is 0.308 e. The Morgan fingerprint density at radius 1 is 1.47 bits per heavy atom. The van der Waals surface area contributed by atoms with E-state index in [4.69, 9.17) is 5.26 Å². The number of nitriles is 1. The maximum Gasteiger partial charge on any atom is 0.308 e. The van der Waals surface area contributed by atoms with E-state index in [0.717, 1.165) is 5.56 Å². The number of rotatable bonds is 3. The average Bonchev–Trinajstić information content (AvgIpc) is 2.29. The molecule has 0 saturated carbocycles. The van der Waals surface area contributed by atoms with Crippen molar-refractivity contribution in [1.29, 1.82) is 5.26 Å². The van der Waals surface area contributed by atoms with Crippen molar-refractivity contribution in [3.05, 3.63) is 35.4 Å². The van der Waals surface area contributed by atoms with E-state index in [1.807, 2.05) is 25.1 Å². The number of hydrogen-bond donors (Lipinski definition) is 0. The molecule has 0 spiro atoms. The Labute approximate surface area is 89.3 Å². The number of carbonyl (C=O) groups excluding carboxylic acids is 1. The van der Waals surface area contributed by atoms with Gasteiger partial charge in [0.05, 0.1) is 24.7 Å². The van der Waals surface area contributed by atoms with Gasteiger partial charge in [0.25, 0.3) is 0 Å². The van der Waals surface area contributed by atoms with Crippen LogP contribution in [0.4, 0.5) is 0 Å². The maximum absolute atomic E-state index is 11.2. The maximum atomic E-state index is 11.2. The zero-order valence-electron chi connectivity index (χ0n) is 8.86. The molecule has 0 aromatic heterocycles. The van der Waals surface area contributed by atoms with Gasteiger partial charge in [-0.05, 0) is 24.1 Å². The SMILES string of the molecule is COC(=O)C(C)Cc1ccc(C#N)cc1. The van der Waals surface area contributed by atoms with Crippen LogP contribution in [0.2, 0.25) is 0 Å². The number of benzene rings is 1. The van der Waals surface area contributed by atoms with Gasteiger partial charge in [0, 0.05) is 0 Å². The summed E-state index contributed by atoms with van der Waals surface area (Å²) in [7, 11) is 1.39. The van der Waals surface area contributed by atoms with Crippen LogP contribution < -0.4 is 0 Å². The molecular formula is C12H13NO2. The van der Waals surface area contributed by atoms with Gasteiger partial charge in [-0.1, -0.05) is 19.1 Å². The first kappa shape index (κ1) is 11.3. The predicted molar refractivity (Wildman–Crippen MR) is 56.0 cm³/mol. The number of esters is 1. The van der Waals surface area contributed by atoms with Gasteiger partial charge in [-0.2, -0.15) is 5.26 Å². The van der Waals surface area contributed by atoms with Gasteiger partial charge in [0.15, 0.2) is 0 Å². The molecular weight excluding hydrogens is 190 g/mol. The standard InChI is InChI=1S/C12H13NO2/c1-9(12(14)15-2)7-10-3-5-11(8-13)6-4-10/h3-6,9H,7H2,1-2H3. The molecule has 1 aromatic carbocycles. The Morgan fingerprint density at radius 2 is 2.07 bits per heavy atom. The van der Waals surface area contributed by atoms with Crippen LogP contribution in [0.15, 0.2) is 24.3 Å². The van der Waals surface area contributed by atoms with Crippen LogP contribution in [0.3, 0.4) is 0 Å².